The molecular weight excluding hydrogens is 274 g/mol. The zero-order chi connectivity index (χ0) is 14.3. The Morgan fingerprint density at radius 2 is 2.25 bits per heavy atom. The number of hydrogen-bond acceptors (Lipinski definition) is 4. The molecule has 2 heterocycles. The second-order valence-corrected chi connectivity index (χ2v) is 6.71. The fourth-order valence-electron chi connectivity index (χ4n) is 2.69. The maximum Gasteiger partial charge on any atom is 0.325 e. The molecule has 20 heavy (non-hydrogen) atoms. The van der Waals surface area contributed by atoms with Crippen LogP contribution in [0.4, 0.5) is 0 Å². The fourth-order valence-corrected chi connectivity index (χ4v) is 4.06. The van der Waals surface area contributed by atoms with Crippen molar-refractivity contribution in [1.29, 1.82) is 0 Å². The number of thiophene rings is 1. The van der Waals surface area contributed by atoms with Crippen LogP contribution in [-0.2, 0) is 9.53 Å². The van der Waals surface area contributed by atoms with Crippen molar-refractivity contribution in [3.05, 3.63) is 21.4 Å². The first-order valence-corrected chi connectivity index (χ1v) is 8.00. The standard InChI is InChI=1S/C15H19NO3S/c1-3-19-13(17)8-16-7-9(2)14-11(15(16)18)6-12(20-14)10-4-5-10/h6,9-10H,3-5,7-8H2,1-2H3. The third-order valence-electron chi connectivity index (χ3n) is 3.84. The molecule has 1 atom stereocenters. The summed E-state index contributed by atoms with van der Waals surface area (Å²) in [6.07, 6.45) is 2.49. The largest absolute Gasteiger partial charge is 0.465 e. The highest BCUT2D eigenvalue weighted by Crippen LogP contribution is 2.46. The van der Waals surface area contributed by atoms with Crippen molar-refractivity contribution in [3.63, 3.8) is 0 Å². The summed E-state index contributed by atoms with van der Waals surface area (Å²) < 4.78 is 4.94. The highest BCUT2D eigenvalue weighted by Gasteiger charge is 2.35. The molecule has 1 aliphatic heterocycles. The van der Waals surface area contributed by atoms with E-state index < -0.39 is 0 Å². The Balaban J connectivity index is 1.80. The molecule has 108 valence electrons. The van der Waals surface area contributed by atoms with Crippen molar-refractivity contribution in [2.45, 2.75) is 38.5 Å². The van der Waals surface area contributed by atoms with E-state index in [1.54, 1.807) is 23.2 Å². The van der Waals surface area contributed by atoms with E-state index >= 15 is 0 Å². The quantitative estimate of drug-likeness (QED) is 0.802. The van der Waals surface area contributed by atoms with E-state index in [0.717, 1.165) is 5.56 Å². The van der Waals surface area contributed by atoms with Gasteiger partial charge in [-0.25, -0.2) is 0 Å². The number of ether oxygens (including phenoxy) is 1. The van der Waals surface area contributed by atoms with E-state index in [1.807, 2.05) is 6.07 Å². The molecule has 0 spiro atoms. The molecule has 0 saturated heterocycles. The van der Waals surface area contributed by atoms with Gasteiger partial charge in [-0.1, -0.05) is 6.92 Å². The lowest BCUT2D eigenvalue weighted by molar-refractivity contribution is -0.143. The van der Waals surface area contributed by atoms with Crippen molar-refractivity contribution in [1.82, 2.24) is 4.90 Å². The van der Waals surface area contributed by atoms with Crippen molar-refractivity contribution in [2.24, 2.45) is 0 Å². The normalized spacial score (nSPS) is 21.8. The van der Waals surface area contributed by atoms with Crippen molar-refractivity contribution >= 4 is 23.2 Å². The van der Waals surface area contributed by atoms with E-state index in [1.165, 1.54) is 22.6 Å². The smallest absolute Gasteiger partial charge is 0.325 e. The fraction of sp³-hybridized carbons (Fsp3) is 0.600. The Labute approximate surface area is 122 Å². The minimum Gasteiger partial charge on any atom is -0.465 e. The minimum absolute atomic E-state index is 0.0192. The third-order valence-corrected chi connectivity index (χ3v) is 5.37. The molecule has 0 N–H and O–H groups in total. The predicted molar refractivity (Wildman–Crippen MR) is 77.2 cm³/mol. The zero-order valence-corrected chi connectivity index (χ0v) is 12.7. The number of carbonyl (C=O) groups is 2. The lowest BCUT2D eigenvalue weighted by Crippen LogP contribution is -2.42. The third kappa shape index (κ3) is 2.46. The second kappa shape index (κ2) is 5.20. The van der Waals surface area contributed by atoms with Gasteiger partial charge in [0.1, 0.15) is 6.54 Å². The van der Waals surface area contributed by atoms with Crippen molar-refractivity contribution in [2.75, 3.05) is 19.7 Å². The van der Waals surface area contributed by atoms with Gasteiger partial charge < -0.3 is 9.64 Å². The van der Waals surface area contributed by atoms with Crippen LogP contribution in [-0.4, -0.2) is 36.5 Å². The van der Waals surface area contributed by atoms with Gasteiger partial charge >= 0.3 is 5.97 Å². The van der Waals surface area contributed by atoms with Crippen LogP contribution in [0.3, 0.4) is 0 Å². The topological polar surface area (TPSA) is 46.6 Å². The molecule has 1 aromatic heterocycles. The predicted octanol–water partition coefficient (Wildman–Crippen LogP) is 2.75. The maximum atomic E-state index is 12.5. The summed E-state index contributed by atoms with van der Waals surface area (Å²) in [6, 6.07) is 2.05. The van der Waals surface area contributed by atoms with E-state index in [-0.39, 0.29) is 18.4 Å². The number of hydrogen-bond donors (Lipinski definition) is 0. The molecule has 1 aliphatic carbocycles. The molecule has 4 nitrogen and oxygen atoms in total. The van der Waals surface area contributed by atoms with Gasteiger partial charge in [-0.2, -0.15) is 0 Å². The van der Waals surface area contributed by atoms with Gasteiger partial charge in [0.05, 0.1) is 12.2 Å². The monoisotopic (exact) mass is 293 g/mol. The zero-order valence-electron chi connectivity index (χ0n) is 11.8. The second-order valence-electron chi connectivity index (χ2n) is 5.59. The molecule has 3 rings (SSSR count). The van der Waals surface area contributed by atoms with Gasteiger partial charge in [0.15, 0.2) is 0 Å². The number of rotatable bonds is 4. The van der Waals surface area contributed by atoms with E-state index in [0.29, 0.717) is 25.0 Å². The van der Waals surface area contributed by atoms with Gasteiger partial charge in [-0.15, -0.1) is 11.3 Å². The van der Waals surface area contributed by atoms with Crippen molar-refractivity contribution in [3.8, 4) is 0 Å². The minimum atomic E-state index is -0.325. The number of nitrogens with zero attached hydrogens (tertiary/aromatic N) is 1. The van der Waals surface area contributed by atoms with E-state index in [4.69, 9.17) is 4.74 Å². The van der Waals surface area contributed by atoms with Gasteiger partial charge in [-0.3, -0.25) is 9.59 Å². The first-order valence-electron chi connectivity index (χ1n) is 7.18. The van der Waals surface area contributed by atoms with E-state index in [2.05, 4.69) is 6.92 Å². The lowest BCUT2D eigenvalue weighted by atomic mass is 9.99. The average Bonchev–Trinajstić information content (AvgIpc) is 3.15. The molecular formula is C15H19NO3S. The first kappa shape index (κ1) is 13.6. The van der Waals surface area contributed by atoms with Gasteiger partial charge in [0.2, 0.25) is 0 Å². The van der Waals surface area contributed by atoms with Crippen LogP contribution < -0.4 is 0 Å². The molecule has 1 aromatic rings. The Bertz CT molecular complexity index is 547. The number of amides is 1. The Kier molecular flexibility index (Phi) is 3.54. The average molecular weight is 293 g/mol. The van der Waals surface area contributed by atoms with E-state index in [9.17, 15) is 9.59 Å². The Hall–Kier alpha value is -1.36. The number of carbonyl (C=O) groups excluding carboxylic acids is 2. The molecule has 1 unspecified atom stereocenters. The summed E-state index contributed by atoms with van der Waals surface area (Å²) in [5, 5.41) is 0. The molecule has 2 aliphatic rings. The van der Waals surface area contributed by atoms with Crippen LogP contribution in [0.2, 0.25) is 0 Å². The molecule has 0 aromatic carbocycles. The molecule has 5 heteroatoms. The summed E-state index contributed by atoms with van der Waals surface area (Å²) in [6.45, 7) is 4.92. The Morgan fingerprint density at radius 1 is 1.50 bits per heavy atom. The first-order chi connectivity index (χ1) is 9.60. The SMILES string of the molecule is CCOC(=O)CN1CC(C)c2sc(C3CC3)cc2C1=O. The van der Waals surface area contributed by atoms with Crippen molar-refractivity contribution < 1.29 is 14.3 Å². The van der Waals surface area contributed by atoms with Crippen LogP contribution in [0.5, 0.6) is 0 Å². The van der Waals surface area contributed by atoms with Crippen LogP contribution in [0.25, 0.3) is 0 Å². The maximum absolute atomic E-state index is 12.5. The summed E-state index contributed by atoms with van der Waals surface area (Å²) >= 11 is 1.79. The highest BCUT2D eigenvalue weighted by atomic mass is 32.1. The molecule has 1 amide bonds. The summed E-state index contributed by atoms with van der Waals surface area (Å²) in [4.78, 5) is 28.2. The van der Waals surface area contributed by atoms with Gasteiger partial charge in [0, 0.05) is 22.2 Å². The van der Waals surface area contributed by atoms with Gasteiger partial charge in [0.25, 0.3) is 5.91 Å². The van der Waals surface area contributed by atoms with Crippen LogP contribution in [0.15, 0.2) is 6.07 Å². The van der Waals surface area contributed by atoms with Crippen LogP contribution >= 0.6 is 11.3 Å². The lowest BCUT2D eigenvalue weighted by Gasteiger charge is -2.29. The molecule has 0 radical (unpaired) electrons. The highest BCUT2D eigenvalue weighted by molar-refractivity contribution is 7.12. The van der Waals surface area contributed by atoms with Crippen LogP contribution in [0, 0.1) is 0 Å². The number of esters is 1. The Morgan fingerprint density at radius 3 is 2.90 bits per heavy atom. The summed E-state index contributed by atoms with van der Waals surface area (Å²) in [5.74, 6) is 0.627. The summed E-state index contributed by atoms with van der Waals surface area (Å²) in [5.41, 5.74) is 0.806. The van der Waals surface area contributed by atoms with Crippen LogP contribution in [0.1, 0.15) is 58.6 Å². The molecule has 0 bridgehead atoms. The molecule has 1 saturated carbocycles. The molecule has 1 fully saturated rings. The summed E-state index contributed by atoms with van der Waals surface area (Å²) in [7, 11) is 0. The van der Waals surface area contributed by atoms with Gasteiger partial charge in [-0.05, 0) is 31.7 Å². The number of fused-ring (bicyclic) bond motifs is 1.